The summed E-state index contributed by atoms with van der Waals surface area (Å²) in [6.45, 7) is 9.34. The van der Waals surface area contributed by atoms with Crippen LogP contribution in [0.25, 0.3) is 0 Å². The number of hydrogen-bond donors (Lipinski definition) is 2. The summed E-state index contributed by atoms with van der Waals surface area (Å²) >= 11 is 0. The molecule has 0 bridgehead atoms. The number of nitrogens with two attached hydrogens (primary N) is 1. The van der Waals surface area contributed by atoms with Gasteiger partial charge in [0.15, 0.2) is 0 Å². The fraction of sp³-hybridized carbons (Fsp3) is 0.933. The minimum absolute atomic E-state index is 0.172. The van der Waals surface area contributed by atoms with E-state index in [0.717, 1.165) is 19.5 Å². The van der Waals surface area contributed by atoms with Crippen LogP contribution in [-0.4, -0.2) is 43.5 Å². The number of amides is 1. The van der Waals surface area contributed by atoms with Gasteiger partial charge in [-0.1, -0.05) is 20.3 Å². The molecule has 0 saturated carbocycles. The Labute approximate surface area is 118 Å². The topological polar surface area (TPSA) is 58.4 Å². The van der Waals surface area contributed by atoms with Crippen LogP contribution < -0.4 is 11.1 Å². The van der Waals surface area contributed by atoms with Gasteiger partial charge in [-0.15, -0.1) is 0 Å². The van der Waals surface area contributed by atoms with Gasteiger partial charge in [0.05, 0.1) is 0 Å². The van der Waals surface area contributed by atoms with Gasteiger partial charge in [0.25, 0.3) is 0 Å². The van der Waals surface area contributed by atoms with Crippen LogP contribution in [0, 0.1) is 11.8 Å². The summed E-state index contributed by atoms with van der Waals surface area (Å²) in [7, 11) is 0. The highest BCUT2D eigenvalue weighted by Crippen LogP contribution is 2.10. The van der Waals surface area contributed by atoms with E-state index in [1.807, 2.05) is 0 Å². The smallest absolute Gasteiger partial charge is 0.220 e. The highest BCUT2D eigenvalue weighted by molar-refractivity contribution is 5.75. The average molecular weight is 269 g/mol. The number of carbonyl (C=O) groups is 1. The third kappa shape index (κ3) is 7.53. The highest BCUT2D eigenvalue weighted by Gasteiger charge is 2.14. The van der Waals surface area contributed by atoms with Crippen molar-refractivity contribution < 1.29 is 4.79 Å². The van der Waals surface area contributed by atoms with Crippen LogP contribution in [0.5, 0.6) is 0 Å². The lowest BCUT2D eigenvalue weighted by Gasteiger charge is -2.29. The summed E-state index contributed by atoms with van der Waals surface area (Å²) < 4.78 is 0. The lowest BCUT2D eigenvalue weighted by Crippen LogP contribution is -2.38. The Morgan fingerprint density at radius 3 is 2.53 bits per heavy atom. The summed E-state index contributed by atoms with van der Waals surface area (Å²) in [5, 5.41) is 3.05. The number of rotatable bonds is 8. The standard InChI is InChI=1S/C15H31N3O/c1-13(10-16)6-7-15(19)17-11-14(2)12-18-8-4-3-5-9-18/h13-14H,3-12,16H2,1-2H3,(H,17,19). The fourth-order valence-corrected chi connectivity index (χ4v) is 2.52. The first-order chi connectivity index (χ1) is 9.11. The summed E-state index contributed by atoms with van der Waals surface area (Å²) in [6.07, 6.45) is 5.53. The second-order valence-electron chi connectivity index (χ2n) is 6.15. The van der Waals surface area contributed by atoms with E-state index in [1.54, 1.807) is 0 Å². The SMILES string of the molecule is CC(CN)CCC(=O)NCC(C)CN1CCCCC1. The van der Waals surface area contributed by atoms with E-state index in [-0.39, 0.29) is 5.91 Å². The van der Waals surface area contributed by atoms with E-state index in [4.69, 9.17) is 5.73 Å². The van der Waals surface area contributed by atoms with Crippen molar-refractivity contribution in [3.05, 3.63) is 0 Å². The molecule has 4 heteroatoms. The van der Waals surface area contributed by atoms with E-state index < -0.39 is 0 Å². The maximum Gasteiger partial charge on any atom is 0.220 e. The summed E-state index contributed by atoms with van der Waals surface area (Å²) in [4.78, 5) is 14.2. The predicted octanol–water partition coefficient (Wildman–Crippen LogP) is 1.60. The Bertz CT molecular complexity index is 252. The minimum Gasteiger partial charge on any atom is -0.356 e. The number of piperidine rings is 1. The lowest BCUT2D eigenvalue weighted by atomic mass is 10.1. The molecule has 0 aromatic rings. The first kappa shape index (κ1) is 16.4. The van der Waals surface area contributed by atoms with E-state index in [0.29, 0.717) is 24.8 Å². The molecular formula is C15H31N3O. The van der Waals surface area contributed by atoms with E-state index >= 15 is 0 Å². The maximum absolute atomic E-state index is 11.7. The fourth-order valence-electron chi connectivity index (χ4n) is 2.52. The second kappa shape index (κ2) is 9.32. The summed E-state index contributed by atoms with van der Waals surface area (Å²) in [5.74, 6) is 1.15. The molecule has 2 unspecified atom stereocenters. The molecule has 0 aliphatic carbocycles. The Morgan fingerprint density at radius 1 is 1.21 bits per heavy atom. The Balaban J connectivity index is 2.08. The Morgan fingerprint density at radius 2 is 1.89 bits per heavy atom. The minimum atomic E-state index is 0.172. The number of hydrogen-bond acceptors (Lipinski definition) is 3. The van der Waals surface area contributed by atoms with Crippen molar-refractivity contribution >= 4 is 5.91 Å². The van der Waals surface area contributed by atoms with Crippen LogP contribution >= 0.6 is 0 Å². The quantitative estimate of drug-likeness (QED) is 0.703. The van der Waals surface area contributed by atoms with E-state index in [1.165, 1.54) is 32.4 Å². The van der Waals surface area contributed by atoms with Crippen LogP contribution in [0.15, 0.2) is 0 Å². The first-order valence-corrected chi connectivity index (χ1v) is 7.81. The zero-order valence-corrected chi connectivity index (χ0v) is 12.7. The van der Waals surface area contributed by atoms with Crippen LogP contribution in [0.4, 0.5) is 0 Å². The molecule has 0 spiro atoms. The molecule has 3 N–H and O–H groups in total. The van der Waals surface area contributed by atoms with E-state index in [9.17, 15) is 4.79 Å². The first-order valence-electron chi connectivity index (χ1n) is 7.81. The molecule has 0 radical (unpaired) electrons. The molecule has 112 valence electrons. The molecule has 0 aromatic carbocycles. The number of likely N-dealkylation sites (tertiary alicyclic amines) is 1. The van der Waals surface area contributed by atoms with Crippen molar-refractivity contribution in [2.75, 3.05) is 32.7 Å². The van der Waals surface area contributed by atoms with Crippen molar-refractivity contribution in [1.82, 2.24) is 10.2 Å². The molecule has 1 heterocycles. The van der Waals surface area contributed by atoms with Gasteiger partial charge in [0.2, 0.25) is 5.91 Å². The molecule has 1 aliphatic heterocycles. The number of nitrogens with zero attached hydrogens (tertiary/aromatic N) is 1. The van der Waals surface area contributed by atoms with Crippen molar-refractivity contribution in [3.8, 4) is 0 Å². The molecule has 1 saturated heterocycles. The van der Waals surface area contributed by atoms with Gasteiger partial charge in [-0.2, -0.15) is 0 Å². The third-order valence-corrected chi connectivity index (χ3v) is 3.93. The van der Waals surface area contributed by atoms with Crippen LogP contribution in [0.2, 0.25) is 0 Å². The predicted molar refractivity (Wildman–Crippen MR) is 79.9 cm³/mol. The molecule has 2 atom stereocenters. The van der Waals surface area contributed by atoms with Gasteiger partial charge in [-0.25, -0.2) is 0 Å². The zero-order chi connectivity index (χ0) is 14.1. The third-order valence-electron chi connectivity index (χ3n) is 3.93. The maximum atomic E-state index is 11.7. The lowest BCUT2D eigenvalue weighted by molar-refractivity contribution is -0.121. The van der Waals surface area contributed by atoms with Crippen molar-refractivity contribution in [3.63, 3.8) is 0 Å². The van der Waals surface area contributed by atoms with Crippen LogP contribution in [0.1, 0.15) is 46.0 Å². The van der Waals surface area contributed by atoms with Crippen LogP contribution in [-0.2, 0) is 4.79 Å². The van der Waals surface area contributed by atoms with Crippen molar-refractivity contribution in [2.24, 2.45) is 17.6 Å². The Hall–Kier alpha value is -0.610. The van der Waals surface area contributed by atoms with Crippen molar-refractivity contribution in [2.45, 2.75) is 46.0 Å². The highest BCUT2D eigenvalue weighted by atomic mass is 16.1. The molecule has 4 nitrogen and oxygen atoms in total. The molecule has 1 fully saturated rings. The van der Waals surface area contributed by atoms with Gasteiger partial charge in [0, 0.05) is 19.5 Å². The molecule has 1 aliphatic rings. The van der Waals surface area contributed by atoms with Gasteiger partial charge in [0.1, 0.15) is 0 Å². The summed E-state index contributed by atoms with van der Waals surface area (Å²) in [6, 6.07) is 0. The van der Waals surface area contributed by atoms with Gasteiger partial charge in [-0.3, -0.25) is 4.79 Å². The van der Waals surface area contributed by atoms with Crippen molar-refractivity contribution in [1.29, 1.82) is 0 Å². The average Bonchev–Trinajstić information content (AvgIpc) is 2.43. The largest absolute Gasteiger partial charge is 0.356 e. The normalized spacial score (nSPS) is 19.9. The second-order valence-corrected chi connectivity index (χ2v) is 6.15. The molecule has 1 amide bonds. The van der Waals surface area contributed by atoms with Gasteiger partial charge in [-0.05, 0) is 50.7 Å². The molecular weight excluding hydrogens is 238 g/mol. The molecule has 19 heavy (non-hydrogen) atoms. The molecule has 0 aromatic heterocycles. The van der Waals surface area contributed by atoms with Gasteiger partial charge < -0.3 is 16.0 Å². The molecule has 1 rings (SSSR count). The number of nitrogens with one attached hydrogen (secondary N) is 1. The monoisotopic (exact) mass is 269 g/mol. The number of carbonyl (C=O) groups excluding carboxylic acids is 1. The van der Waals surface area contributed by atoms with Crippen LogP contribution in [0.3, 0.4) is 0 Å². The zero-order valence-electron chi connectivity index (χ0n) is 12.7. The van der Waals surface area contributed by atoms with E-state index in [2.05, 4.69) is 24.1 Å². The van der Waals surface area contributed by atoms with Gasteiger partial charge >= 0.3 is 0 Å². The summed E-state index contributed by atoms with van der Waals surface area (Å²) in [5.41, 5.74) is 5.55. The Kier molecular flexibility index (Phi) is 8.07.